The quantitative estimate of drug-likeness (QED) is 0.728. The van der Waals surface area contributed by atoms with E-state index in [1.165, 1.54) is 13.2 Å². The van der Waals surface area contributed by atoms with Crippen LogP contribution >= 0.6 is 0 Å². The van der Waals surface area contributed by atoms with E-state index in [9.17, 15) is 24.3 Å². The van der Waals surface area contributed by atoms with Crippen molar-refractivity contribution in [3.05, 3.63) is 34.3 Å². The molecule has 0 bridgehead atoms. The van der Waals surface area contributed by atoms with Crippen LogP contribution in [0.25, 0.3) is 0 Å². The van der Waals surface area contributed by atoms with Crippen LogP contribution in [0.4, 0.5) is 0 Å². The van der Waals surface area contributed by atoms with Gasteiger partial charge < -0.3 is 19.0 Å². The number of esters is 2. The average molecular weight is 428 g/mol. The van der Waals surface area contributed by atoms with Gasteiger partial charge in [0.15, 0.2) is 5.76 Å². The molecule has 31 heavy (non-hydrogen) atoms. The lowest BCUT2D eigenvalue weighted by atomic mass is 9.54. The van der Waals surface area contributed by atoms with Crippen molar-refractivity contribution in [2.45, 2.75) is 64.1 Å². The molecule has 1 aliphatic heterocycles. The molecule has 0 aromatic carbocycles. The number of carbonyl (C=O) groups is 4. The van der Waals surface area contributed by atoms with Gasteiger partial charge in [0.05, 0.1) is 5.41 Å². The van der Waals surface area contributed by atoms with E-state index in [1.807, 2.05) is 13.8 Å². The minimum Gasteiger partial charge on any atom is -0.460 e. The SMILES string of the molecule is CC(=O)OC1C[C@]2(C)C(=O)CCC2C2=C1[C@]1(C)c3c(coc3C2=O)C(=O)OC1CCO. The predicted octanol–water partition coefficient (Wildman–Crippen LogP) is 2.27. The predicted molar refractivity (Wildman–Crippen MR) is 104 cm³/mol. The van der Waals surface area contributed by atoms with Gasteiger partial charge in [-0.05, 0) is 18.9 Å². The summed E-state index contributed by atoms with van der Waals surface area (Å²) in [6, 6.07) is 0. The molecule has 2 heterocycles. The number of fused-ring (bicyclic) bond motifs is 3. The molecule has 1 fully saturated rings. The van der Waals surface area contributed by atoms with Gasteiger partial charge in [-0.2, -0.15) is 0 Å². The third-order valence-electron chi connectivity index (χ3n) is 7.77. The van der Waals surface area contributed by atoms with Crippen LogP contribution in [0.5, 0.6) is 0 Å². The monoisotopic (exact) mass is 428 g/mol. The molecule has 1 aromatic heterocycles. The molecule has 3 unspecified atom stereocenters. The van der Waals surface area contributed by atoms with Gasteiger partial charge in [-0.1, -0.05) is 6.92 Å². The Bertz CT molecular complexity index is 1080. The van der Waals surface area contributed by atoms with Crippen LogP contribution in [0.1, 0.15) is 72.9 Å². The molecular formula is C23H24O8. The summed E-state index contributed by atoms with van der Waals surface area (Å²) < 4.78 is 17.0. The molecule has 0 saturated heterocycles. The largest absolute Gasteiger partial charge is 0.460 e. The van der Waals surface area contributed by atoms with Crippen LogP contribution in [-0.2, 0) is 24.5 Å². The number of furan rings is 1. The van der Waals surface area contributed by atoms with Crippen molar-refractivity contribution in [2.24, 2.45) is 11.3 Å². The van der Waals surface area contributed by atoms with Crippen LogP contribution in [0.3, 0.4) is 0 Å². The fraction of sp³-hybridized carbons (Fsp3) is 0.565. The zero-order valence-corrected chi connectivity index (χ0v) is 17.6. The summed E-state index contributed by atoms with van der Waals surface area (Å²) in [7, 11) is 0. The van der Waals surface area contributed by atoms with E-state index in [0.29, 0.717) is 29.6 Å². The Balaban J connectivity index is 1.82. The Morgan fingerprint density at radius 2 is 2.03 bits per heavy atom. The number of hydrogen-bond donors (Lipinski definition) is 1. The number of allylic oxidation sites excluding steroid dienone is 1. The van der Waals surface area contributed by atoms with E-state index in [2.05, 4.69) is 0 Å². The number of rotatable bonds is 3. The number of ketones is 2. The number of aliphatic hydroxyl groups is 1. The molecule has 5 atom stereocenters. The summed E-state index contributed by atoms with van der Waals surface area (Å²) in [5.74, 6) is -1.72. The van der Waals surface area contributed by atoms with E-state index in [-0.39, 0.29) is 48.3 Å². The van der Waals surface area contributed by atoms with Gasteiger partial charge in [-0.3, -0.25) is 14.4 Å². The molecule has 0 radical (unpaired) electrons. The second-order valence-electron chi connectivity index (χ2n) is 9.35. The van der Waals surface area contributed by atoms with Crippen LogP contribution < -0.4 is 0 Å². The highest BCUT2D eigenvalue weighted by Crippen LogP contribution is 2.61. The molecule has 8 nitrogen and oxygen atoms in total. The van der Waals surface area contributed by atoms with Gasteiger partial charge in [0, 0.05) is 55.3 Å². The number of Topliss-reactive ketones (excluding diaryl/α,β-unsaturated/α-hetero) is 2. The molecule has 0 amide bonds. The summed E-state index contributed by atoms with van der Waals surface area (Å²) in [6.45, 7) is 4.73. The van der Waals surface area contributed by atoms with Crippen molar-refractivity contribution in [1.29, 1.82) is 0 Å². The Morgan fingerprint density at radius 3 is 2.71 bits per heavy atom. The second kappa shape index (κ2) is 6.38. The first-order chi connectivity index (χ1) is 14.6. The Kier molecular flexibility index (Phi) is 4.16. The fourth-order valence-electron chi connectivity index (χ4n) is 6.39. The Hall–Kier alpha value is -2.74. The number of aliphatic hydroxyl groups excluding tert-OH is 1. The summed E-state index contributed by atoms with van der Waals surface area (Å²) >= 11 is 0. The van der Waals surface area contributed by atoms with Gasteiger partial charge in [-0.25, -0.2) is 4.79 Å². The standard InChI is InChI=1S/C23H24O8/c1-10(25)30-13-8-22(2)12(4-5-14(22)26)16-18(13)23(3)15(6-7-24)31-21(28)11-9-29-20(17(11)23)19(16)27/h9,12-13,15,24H,4-8H2,1-3H3/t12?,13?,15?,22-,23-/m0/s1. The normalized spacial score (nSPS) is 36.0. The summed E-state index contributed by atoms with van der Waals surface area (Å²) in [6.07, 6.45) is 0.919. The van der Waals surface area contributed by atoms with E-state index >= 15 is 0 Å². The molecule has 8 heteroatoms. The fourth-order valence-corrected chi connectivity index (χ4v) is 6.39. The maximum absolute atomic E-state index is 13.7. The van der Waals surface area contributed by atoms with Gasteiger partial charge >= 0.3 is 11.9 Å². The summed E-state index contributed by atoms with van der Waals surface area (Å²) in [5.41, 5.74) is -0.242. The van der Waals surface area contributed by atoms with Gasteiger partial charge in [0.2, 0.25) is 5.78 Å². The topological polar surface area (TPSA) is 120 Å². The maximum Gasteiger partial charge on any atom is 0.342 e. The van der Waals surface area contributed by atoms with Crippen LogP contribution in [0.15, 0.2) is 21.8 Å². The molecule has 1 N–H and O–H groups in total. The second-order valence-corrected chi connectivity index (χ2v) is 9.35. The lowest BCUT2D eigenvalue weighted by Crippen LogP contribution is -2.56. The third kappa shape index (κ3) is 2.39. The minimum absolute atomic E-state index is 0.0482. The molecule has 164 valence electrons. The molecule has 1 saturated carbocycles. The molecule has 4 aliphatic rings. The van der Waals surface area contributed by atoms with Gasteiger partial charge in [-0.15, -0.1) is 0 Å². The van der Waals surface area contributed by atoms with Crippen molar-refractivity contribution in [3.8, 4) is 0 Å². The van der Waals surface area contributed by atoms with E-state index in [0.717, 1.165) is 0 Å². The first-order valence-electron chi connectivity index (χ1n) is 10.6. The number of cyclic esters (lactones) is 1. The lowest BCUT2D eigenvalue weighted by Gasteiger charge is -2.51. The van der Waals surface area contributed by atoms with Crippen molar-refractivity contribution in [2.75, 3.05) is 6.61 Å². The summed E-state index contributed by atoms with van der Waals surface area (Å²) in [5, 5.41) is 9.68. The highest BCUT2D eigenvalue weighted by molar-refractivity contribution is 6.14. The van der Waals surface area contributed by atoms with Crippen molar-refractivity contribution >= 4 is 23.5 Å². The smallest absolute Gasteiger partial charge is 0.342 e. The van der Waals surface area contributed by atoms with Gasteiger partial charge in [0.25, 0.3) is 0 Å². The highest BCUT2D eigenvalue weighted by Gasteiger charge is 2.64. The highest BCUT2D eigenvalue weighted by atomic mass is 16.6. The van der Waals surface area contributed by atoms with Crippen molar-refractivity contribution in [3.63, 3.8) is 0 Å². The lowest BCUT2D eigenvalue weighted by molar-refractivity contribution is -0.149. The molecule has 3 aliphatic carbocycles. The first kappa shape index (κ1) is 20.2. The van der Waals surface area contributed by atoms with E-state index < -0.39 is 35.0 Å². The maximum atomic E-state index is 13.7. The number of ether oxygens (including phenoxy) is 2. The van der Waals surface area contributed by atoms with Crippen molar-refractivity contribution < 1.29 is 38.2 Å². The molecule has 1 aromatic rings. The van der Waals surface area contributed by atoms with Crippen LogP contribution in [-0.4, -0.2) is 47.4 Å². The van der Waals surface area contributed by atoms with Crippen molar-refractivity contribution in [1.82, 2.24) is 0 Å². The number of carbonyl (C=O) groups excluding carboxylic acids is 4. The van der Waals surface area contributed by atoms with Crippen LogP contribution in [0, 0.1) is 11.3 Å². The summed E-state index contributed by atoms with van der Waals surface area (Å²) in [4.78, 5) is 51.1. The van der Waals surface area contributed by atoms with Crippen LogP contribution in [0.2, 0.25) is 0 Å². The van der Waals surface area contributed by atoms with E-state index in [1.54, 1.807) is 0 Å². The zero-order chi connectivity index (χ0) is 22.3. The molecule has 0 spiro atoms. The average Bonchev–Trinajstić information content (AvgIpc) is 3.27. The minimum atomic E-state index is -1.02. The molecular weight excluding hydrogens is 404 g/mol. The Labute approximate surface area is 178 Å². The van der Waals surface area contributed by atoms with E-state index in [4.69, 9.17) is 13.9 Å². The molecule has 5 rings (SSSR count). The number of hydrogen-bond acceptors (Lipinski definition) is 8. The van der Waals surface area contributed by atoms with Gasteiger partial charge in [0.1, 0.15) is 29.8 Å². The first-order valence-corrected chi connectivity index (χ1v) is 10.6. The third-order valence-corrected chi connectivity index (χ3v) is 7.77. The zero-order valence-electron chi connectivity index (χ0n) is 17.6. The Morgan fingerprint density at radius 1 is 1.29 bits per heavy atom.